The van der Waals surface area contributed by atoms with Gasteiger partial charge in [-0.05, 0) is 51.0 Å². The van der Waals surface area contributed by atoms with Crippen LogP contribution >= 0.6 is 0 Å². The van der Waals surface area contributed by atoms with Crippen LogP contribution in [0.25, 0.3) is 0 Å². The second-order valence-electron chi connectivity index (χ2n) is 11.7. The second kappa shape index (κ2) is 6.82. The number of aliphatic carboxylic acids is 1. The van der Waals surface area contributed by atoms with Gasteiger partial charge in [-0.15, -0.1) is 0 Å². The summed E-state index contributed by atoms with van der Waals surface area (Å²) in [6.45, 7) is 9.13. The lowest BCUT2D eigenvalue weighted by Crippen LogP contribution is -2.71. The molecule has 8 heteroatoms. The van der Waals surface area contributed by atoms with E-state index in [-0.39, 0.29) is 18.1 Å². The largest absolute Gasteiger partial charge is 0.478 e. The van der Waals surface area contributed by atoms with Crippen molar-refractivity contribution in [2.45, 2.75) is 77.3 Å². The maximum Gasteiger partial charge on any atom is 0.339 e. The van der Waals surface area contributed by atoms with Crippen LogP contribution in [0, 0.1) is 28.1 Å². The van der Waals surface area contributed by atoms with Crippen molar-refractivity contribution in [3.05, 3.63) is 36.3 Å². The fourth-order valence-electron chi connectivity index (χ4n) is 8.15. The summed E-state index contributed by atoms with van der Waals surface area (Å²) in [4.78, 5) is 38.6. The molecule has 2 aliphatic heterocycles. The lowest BCUT2D eigenvalue weighted by atomic mass is 9.37. The Bertz CT molecular complexity index is 1080. The van der Waals surface area contributed by atoms with E-state index < -0.39 is 57.5 Å². The highest BCUT2D eigenvalue weighted by Gasteiger charge is 2.88. The molecular formula is C26H32O8. The number of carbonyl (C=O) groups is 3. The number of rotatable bonds is 4. The second-order valence-corrected chi connectivity index (χ2v) is 11.7. The zero-order valence-corrected chi connectivity index (χ0v) is 20.2. The Balaban J connectivity index is 1.69. The average molecular weight is 473 g/mol. The molecular weight excluding hydrogens is 440 g/mol. The molecule has 1 aromatic rings. The molecule has 2 N–H and O–H groups in total. The third kappa shape index (κ3) is 2.64. The molecule has 2 saturated carbocycles. The van der Waals surface area contributed by atoms with Crippen molar-refractivity contribution < 1.29 is 38.5 Å². The Hall–Kier alpha value is -2.45. The molecule has 5 rings (SSSR count). The molecule has 2 saturated heterocycles. The molecule has 184 valence electrons. The molecule has 0 radical (unpaired) electrons. The van der Waals surface area contributed by atoms with Gasteiger partial charge in [0.15, 0.2) is 6.10 Å². The van der Waals surface area contributed by atoms with E-state index >= 15 is 0 Å². The number of hydrogen-bond acceptors (Lipinski definition) is 7. The smallest absolute Gasteiger partial charge is 0.339 e. The summed E-state index contributed by atoms with van der Waals surface area (Å²) in [6, 6.07) is 1.76. The summed E-state index contributed by atoms with van der Waals surface area (Å²) in [5, 5.41) is 20.5. The van der Waals surface area contributed by atoms with Crippen LogP contribution in [0.15, 0.2) is 35.2 Å². The van der Waals surface area contributed by atoms with E-state index in [1.165, 1.54) is 6.26 Å². The highest BCUT2D eigenvalue weighted by Crippen LogP contribution is 2.78. The zero-order chi connectivity index (χ0) is 24.9. The Morgan fingerprint density at radius 2 is 1.91 bits per heavy atom. The van der Waals surface area contributed by atoms with Gasteiger partial charge in [0, 0.05) is 29.4 Å². The van der Waals surface area contributed by atoms with Gasteiger partial charge in [0.1, 0.15) is 17.5 Å². The Kier molecular flexibility index (Phi) is 4.67. The summed E-state index contributed by atoms with van der Waals surface area (Å²) in [5.74, 6) is -2.50. The lowest BCUT2D eigenvalue weighted by molar-refractivity contribution is -0.213. The number of ether oxygens (including phenoxy) is 2. The van der Waals surface area contributed by atoms with E-state index in [2.05, 4.69) is 0 Å². The van der Waals surface area contributed by atoms with Gasteiger partial charge in [-0.25, -0.2) is 9.59 Å². The number of furan rings is 1. The third-order valence-electron chi connectivity index (χ3n) is 9.67. The topological polar surface area (TPSA) is 127 Å². The van der Waals surface area contributed by atoms with Crippen molar-refractivity contribution in [2.24, 2.45) is 28.1 Å². The number of carboxylic acid groups (broad SMARTS) is 1. The molecule has 1 spiro atoms. The highest BCUT2D eigenvalue weighted by atomic mass is 16.7. The van der Waals surface area contributed by atoms with Crippen molar-refractivity contribution in [1.82, 2.24) is 0 Å². The average Bonchev–Trinajstić information content (AvgIpc) is 3.31. The Morgan fingerprint density at radius 1 is 1.21 bits per heavy atom. The summed E-state index contributed by atoms with van der Waals surface area (Å²) in [5.41, 5.74) is -4.17. The Morgan fingerprint density at radius 3 is 2.50 bits per heavy atom. The molecule has 4 fully saturated rings. The summed E-state index contributed by atoms with van der Waals surface area (Å²) in [6.07, 6.45) is 5.56. The SMILES string of the molecule is CC(C)(O)[C@@H]1CC(=O)[C@]2(C)[C@H](CC[C@@]3(C)[C@@H](c4ccoc4)OC(=O)[C@H]4O[C@]432)[C@@]1(C)/C=C\C(=O)O. The molecule has 0 amide bonds. The number of cyclic esters (lactones) is 1. The van der Waals surface area contributed by atoms with Gasteiger partial charge in [-0.3, -0.25) is 4.79 Å². The van der Waals surface area contributed by atoms with Gasteiger partial charge in [-0.1, -0.05) is 19.9 Å². The maximum absolute atomic E-state index is 14.1. The first kappa shape index (κ1) is 23.3. The monoisotopic (exact) mass is 472 g/mol. The number of Topliss-reactive ketones (excluding diaryl/α,β-unsaturated/α-hetero) is 1. The first-order valence-electron chi connectivity index (χ1n) is 11.8. The number of esters is 1. The molecule has 1 aromatic heterocycles. The van der Waals surface area contributed by atoms with Crippen LogP contribution in [0.3, 0.4) is 0 Å². The number of carbonyl (C=O) groups excluding carboxylic acids is 2. The van der Waals surface area contributed by atoms with E-state index in [0.717, 1.165) is 11.6 Å². The highest BCUT2D eigenvalue weighted by molar-refractivity contribution is 5.93. The van der Waals surface area contributed by atoms with Crippen molar-refractivity contribution in [3.63, 3.8) is 0 Å². The number of allylic oxidation sites excluding steroid dienone is 1. The van der Waals surface area contributed by atoms with Crippen LogP contribution in [0.1, 0.15) is 65.5 Å². The Labute approximate surface area is 198 Å². The van der Waals surface area contributed by atoms with Crippen LogP contribution in [-0.4, -0.2) is 45.2 Å². The lowest BCUT2D eigenvalue weighted by Gasteiger charge is -2.65. The quantitative estimate of drug-likeness (QED) is 0.388. The van der Waals surface area contributed by atoms with Gasteiger partial charge in [-0.2, -0.15) is 0 Å². The normalized spacial score (nSPS) is 45.8. The van der Waals surface area contributed by atoms with Crippen molar-refractivity contribution in [2.75, 3.05) is 0 Å². The van der Waals surface area contributed by atoms with Crippen molar-refractivity contribution in [1.29, 1.82) is 0 Å². The van der Waals surface area contributed by atoms with Crippen LogP contribution in [0.5, 0.6) is 0 Å². The molecule has 4 aliphatic rings. The van der Waals surface area contributed by atoms with Crippen LogP contribution < -0.4 is 0 Å². The minimum absolute atomic E-state index is 0.0519. The minimum atomic E-state index is -1.22. The fourth-order valence-corrected chi connectivity index (χ4v) is 8.15. The van der Waals surface area contributed by atoms with Crippen molar-refractivity contribution in [3.8, 4) is 0 Å². The summed E-state index contributed by atoms with van der Waals surface area (Å²) >= 11 is 0. The third-order valence-corrected chi connectivity index (χ3v) is 9.67. The van der Waals surface area contributed by atoms with Crippen LogP contribution in [-0.2, 0) is 23.9 Å². The number of ketones is 1. The molecule has 8 nitrogen and oxygen atoms in total. The van der Waals surface area contributed by atoms with Gasteiger partial charge >= 0.3 is 11.9 Å². The number of epoxide rings is 1. The van der Waals surface area contributed by atoms with E-state index in [1.807, 2.05) is 20.8 Å². The number of carboxylic acids is 1. The molecule has 3 heterocycles. The number of hydrogen-bond donors (Lipinski definition) is 2. The minimum Gasteiger partial charge on any atom is -0.478 e. The molecule has 34 heavy (non-hydrogen) atoms. The molecule has 0 unspecified atom stereocenters. The van der Waals surface area contributed by atoms with Gasteiger partial charge in [0.05, 0.1) is 23.5 Å². The zero-order valence-electron chi connectivity index (χ0n) is 20.2. The van der Waals surface area contributed by atoms with Gasteiger partial charge < -0.3 is 24.1 Å². The summed E-state index contributed by atoms with van der Waals surface area (Å²) < 4.78 is 17.4. The first-order chi connectivity index (χ1) is 15.7. The number of aliphatic hydroxyl groups is 1. The van der Waals surface area contributed by atoms with E-state index in [1.54, 1.807) is 32.3 Å². The standard InChI is InChI=1S/C26H32O8/c1-22(2,31)16-12-17(27)25(5)15(23(16,3)9-7-18(28)29)6-10-24(4)19(14-8-11-32-13-14)33-21(30)20-26(24,25)34-20/h7-9,11,13,15-16,19-20,31H,6,10,12H2,1-5H3,(H,28,29)/b9-7-/t15-,16+,19-,20-,23-,24+,25+,26-/m1/s1. The van der Waals surface area contributed by atoms with Crippen LogP contribution in [0.4, 0.5) is 0 Å². The maximum atomic E-state index is 14.1. The van der Waals surface area contributed by atoms with Gasteiger partial charge in [0.2, 0.25) is 0 Å². The van der Waals surface area contributed by atoms with Gasteiger partial charge in [0.25, 0.3) is 0 Å². The van der Waals surface area contributed by atoms with E-state index in [4.69, 9.17) is 13.9 Å². The molecule has 8 atom stereocenters. The first-order valence-corrected chi connectivity index (χ1v) is 11.8. The molecule has 0 bridgehead atoms. The molecule has 2 aliphatic carbocycles. The van der Waals surface area contributed by atoms with Crippen LogP contribution in [0.2, 0.25) is 0 Å². The van der Waals surface area contributed by atoms with E-state index in [9.17, 15) is 24.6 Å². The fraction of sp³-hybridized carbons (Fsp3) is 0.654. The molecule has 0 aromatic carbocycles. The summed E-state index contributed by atoms with van der Waals surface area (Å²) in [7, 11) is 0. The van der Waals surface area contributed by atoms with E-state index in [0.29, 0.717) is 12.8 Å². The number of fused-ring (bicyclic) bond motifs is 1. The van der Waals surface area contributed by atoms with Crippen molar-refractivity contribution >= 4 is 17.7 Å². The predicted octanol–water partition coefficient (Wildman–Crippen LogP) is 3.44. The predicted molar refractivity (Wildman–Crippen MR) is 118 cm³/mol.